The van der Waals surface area contributed by atoms with Crippen LogP contribution in [0.5, 0.6) is 0 Å². The average Bonchev–Trinajstić information content (AvgIpc) is 3.23. The summed E-state index contributed by atoms with van der Waals surface area (Å²) in [6.07, 6.45) is 8.21. The van der Waals surface area contributed by atoms with Crippen LogP contribution in [-0.2, 0) is 0 Å². The van der Waals surface area contributed by atoms with Gasteiger partial charge in [0.25, 0.3) is 0 Å². The van der Waals surface area contributed by atoms with E-state index >= 15 is 0 Å². The molecule has 0 amide bonds. The molecule has 2 fully saturated rings. The van der Waals surface area contributed by atoms with E-state index in [1.165, 1.54) is 45.1 Å². The second-order valence-electron chi connectivity index (χ2n) is 5.98. The summed E-state index contributed by atoms with van der Waals surface area (Å²) in [5.41, 5.74) is 0. The van der Waals surface area contributed by atoms with Gasteiger partial charge in [-0.05, 0) is 38.6 Å². The average molecular weight is 250 g/mol. The largest absolute Gasteiger partial charge is 0.355 e. The van der Waals surface area contributed by atoms with Crippen LogP contribution in [0, 0.1) is 0 Å². The first-order valence-corrected chi connectivity index (χ1v) is 7.60. The fourth-order valence-corrected chi connectivity index (χ4v) is 3.25. The van der Waals surface area contributed by atoms with Crippen LogP contribution in [0.1, 0.15) is 38.5 Å². The molecule has 0 aromatic rings. The minimum atomic E-state index is 0.740. The minimum absolute atomic E-state index is 0.740. The number of hydrogen-bond acceptors (Lipinski definition) is 4. The fourth-order valence-electron chi connectivity index (χ4n) is 3.25. The summed E-state index contributed by atoms with van der Waals surface area (Å²) in [6, 6.07) is 1.65. The van der Waals surface area contributed by atoms with E-state index < -0.39 is 0 Å². The predicted molar refractivity (Wildman–Crippen MR) is 74.9 cm³/mol. The van der Waals surface area contributed by atoms with Crippen LogP contribution in [-0.4, -0.2) is 61.1 Å². The highest BCUT2D eigenvalue weighted by atomic mass is 15.3. The molecule has 3 rings (SSSR count). The highest BCUT2D eigenvalue weighted by Crippen LogP contribution is 2.32. The molecular weight excluding hydrogens is 224 g/mol. The van der Waals surface area contributed by atoms with Gasteiger partial charge in [-0.25, -0.2) is 0 Å². The maximum Gasteiger partial charge on any atom is 0.193 e. The molecule has 0 bridgehead atoms. The Labute approximate surface area is 110 Å². The van der Waals surface area contributed by atoms with Crippen LogP contribution >= 0.6 is 0 Å². The lowest BCUT2D eigenvalue weighted by molar-refractivity contribution is 0.139. The van der Waals surface area contributed by atoms with E-state index in [0.717, 1.165) is 37.7 Å². The quantitative estimate of drug-likeness (QED) is 0.819. The number of hydrogen-bond donors (Lipinski definition) is 1. The Kier molecular flexibility index (Phi) is 3.73. The van der Waals surface area contributed by atoms with Crippen molar-refractivity contribution in [3.8, 4) is 0 Å². The summed E-state index contributed by atoms with van der Waals surface area (Å²) in [6.45, 7) is 4.53. The number of nitrogens with zero attached hydrogens (tertiary/aromatic N) is 3. The summed E-state index contributed by atoms with van der Waals surface area (Å²) in [5.74, 6) is 1.11. The molecule has 4 heteroatoms. The van der Waals surface area contributed by atoms with Crippen LogP contribution in [0.2, 0.25) is 0 Å². The lowest BCUT2D eigenvalue weighted by atomic mass is 10.0. The van der Waals surface area contributed by atoms with Gasteiger partial charge in [-0.2, -0.15) is 0 Å². The molecule has 1 saturated heterocycles. The first kappa shape index (κ1) is 12.3. The van der Waals surface area contributed by atoms with E-state index in [-0.39, 0.29) is 0 Å². The second kappa shape index (κ2) is 5.47. The Balaban J connectivity index is 1.53. The van der Waals surface area contributed by atoms with Gasteiger partial charge < -0.3 is 10.2 Å². The molecular formula is C14H26N4. The number of guanidine groups is 1. The first-order chi connectivity index (χ1) is 8.84. The van der Waals surface area contributed by atoms with Gasteiger partial charge in [0.05, 0.1) is 0 Å². The van der Waals surface area contributed by atoms with Crippen molar-refractivity contribution in [2.75, 3.05) is 33.2 Å². The smallest absolute Gasteiger partial charge is 0.193 e. The fraction of sp³-hybridized carbons (Fsp3) is 0.929. The summed E-state index contributed by atoms with van der Waals surface area (Å²) < 4.78 is 0. The Morgan fingerprint density at radius 2 is 2.06 bits per heavy atom. The van der Waals surface area contributed by atoms with E-state index in [1.807, 2.05) is 0 Å². The third kappa shape index (κ3) is 2.79. The van der Waals surface area contributed by atoms with Gasteiger partial charge in [-0.1, -0.05) is 6.42 Å². The topological polar surface area (TPSA) is 30.9 Å². The van der Waals surface area contributed by atoms with Crippen molar-refractivity contribution in [2.24, 2.45) is 4.99 Å². The van der Waals surface area contributed by atoms with Crippen molar-refractivity contribution < 1.29 is 0 Å². The third-order valence-electron chi connectivity index (χ3n) is 4.46. The number of aliphatic imine (C=N–C) groups is 1. The van der Waals surface area contributed by atoms with Crippen molar-refractivity contribution in [3.05, 3.63) is 0 Å². The lowest BCUT2D eigenvalue weighted by Crippen LogP contribution is -2.51. The highest BCUT2D eigenvalue weighted by Gasteiger charge is 2.35. The SMILES string of the molecule is CN1CCCN=C1NCC1CCCCN1C1CC1. The number of nitrogens with one attached hydrogen (secondary N) is 1. The van der Waals surface area contributed by atoms with Crippen LogP contribution in [0.4, 0.5) is 0 Å². The first-order valence-electron chi connectivity index (χ1n) is 7.60. The molecule has 3 aliphatic rings. The molecule has 1 unspecified atom stereocenters. The van der Waals surface area contributed by atoms with Crippen LogP contribution in [0.15, 0.2) is 4.99 Å². The van der Waals surface area contributed by atoms with Crippen molar-refractivity contribution in [1.82, 2.24) is 15.1 Å². The molecule has 1 aliphatic carbocycles. The molecule has 2 heterocycles. The number of piperidine rings is 1. The van der Waals surface area contributed by atoms with E-state index in [1.54, 1.807) is 0 Å². The van der Waals surface area contributed by atoms with E-state index in [4.69, 9.17) is 0 Å². The van der Waals surface area contributed by atoms with E-state index in [2.05, 4.69) is 27.2 Å². The number of rotatable bonds is 3. The molecule has 18 heavy (non-hydrogen) atoms. The molecule has 2 aliphatic heterocycles. The maximum absolute atomic E-state index is 4.59. The van der Waals surface area contributed by atoms with Crippen molar-refractivity contribution in [3.63, 3.8) is 0 Å². The number of likely N-dealkylation sites (tertiary alicyclic amines) is 1. The Morgan fingerprint density at radius 1 is 1.17 bits per heavy atom. The van der Waals surface area contributed by atoms with Crippen LogP contribution < -0.4 is 5.32 Å². The van der Waals surface area contributed by atoms with Gasteiger partial charge in [-0.15, -0.1) is 0 Å². The zero-order valence-corrected chi connectivity index (χ0v) is 11.6. The highest BCUT2D eigenvalue weighted by molar-refractivity contribution is 5.80. The predicted octanol–water partition coefficient (Wildman–Crippen LogP) is 1.28. The summed E-state index contributed by atoms with van der Waals surface area (Å²) >= 11 is 0. The molecule has 1 N–H and O–H groups in total. The lowest BCUT2D eigenvalue weighted by Gasteiger charge is -2.37. The van der Waals surface area contributed by atoms with Gasteiger partial charge in [0.1, 0.15) is 0 Å². The standard InChI is InChI=1S/C14H26N4/c1-17-9-4-8-15-14(17)16-11-13-5-2-3-10-18(13)12-6-7-12/h12-13H,2-11H2,1H3,(H,15,16). The molecule has 1 atom stereocenters. The Bertz CT molecular complexity index is 311. The van der Waals surface area contributed by atoms with Gasteiger partial charge >= 0.3 is 0 Å². The van der Waals surface area contributed by atoms with Gasteiger partial charge in [-0.3, -0.25) is 9.89 Å². The summed E-state index contributed by atoms with van der Waals surface area (Å²) in [5, 5.41) is 3.59. The molecule has 4 nitrogen and oxygen atoms in total. The van der Waals surface area contributed by atoms with Crippen LogP contribution in [0.25, 0.3) is 0 Å². The molecule has 102 valence electrons. The van der Waals surface area contributed by atoms with Gasteiger partial charge in [0.15, 0.2) is 5.96 Å². The van der Waals surface area contributed by atoms with Crippen molar-refractivity contribution in [1.29, 1.82) is 0 Å². The van der Waals surface area contributed by atoms with Crippen molar-refractivity contribution in [2.45, 2.75) is 50.6 Å². The van der Waals surface area contributed by atoms with Gasteiger partial charge in [0, 0.05) is 38.8 Å². The monoisotopic (exact) mass is 250 g/mol. The zero-order valence-electron chi connectivity index (χ0n) is 11.6. The second-order valence-corrected chi connectivity index (χ2v) is 5.98. The normalized spacial score (nSPS) is 30.2. The zero-order chi connectivity index (χ0) is 12.4. The Hall–Kier alpha value is -0.770. The van der Waals surface area contributed by atoms with Crippen molar-refractivity contribution >= 4 is 5.96 Å². The molecule has 0 aromatic carbocycles. The van der Waals surface area contributed by atoms with E-state index in [9.17, 15) is 0 Å². The molecule has 0 radical (unpaired) electrons. The third-order valence-corrected chi connectivity index (χ3v) is 4.46. The molecule has 0 spiro atoms. The Morgan fingerprint density at radius 3 is 2.83 bits per heavy atom. The molecule has 0 aromatic heterocycles. The summed E-state index contributed by atoms with van der Waals surface area (Å²) in [4.78, 5) is 9.60. The van der Waals surface area contributed by atoms with Crippen LogP contribution in [0.3, 0.4) is 0 Å². The minimum Gasteiger partial charge on any atom is -0.355 e. The van der Waals surface area contributed by atoms with E-state index in [0.29, 0.717) is 0 Å². The van der Waals surface area contributed by atoms with Gasteiger partial charge in [0.2, 0.25) is 0 Å². The molecule has 1 saturated carbocycles. The maximum atomic E-state index is 4.59. The summed E-state index contributed by atoms with van der Waals surface area (Å²) in [7, 11) is 2.14.